The van der Waals surface area contributed by atoms with Crippen LogP contribution in [0, 0.1) is 11.6 Å². The molecule has 0 radical (unpaired) electrons. The quantitative estimate of drug-likeness (QED) is 0.864. The van der Waals surface area contributed by atoms with Gasteiger partial charge < -0.3 is 10.2 Å². The van der Waals surface area contributed by atoms with Crippen molar-refractivity contribution in [2.24, 2.45) is 0 Å². The Kier molecular flexibility index (Phi) is 6.47. The molecule has 1 aliphatic rings. The van der Waals surface area contributed by atoms with Crippen LogP contribution in [0.15, 0.2) is 18.2 Å². The van der Waals surface area contributed by atoms with Crippen LogP contribution in [-0.2, 0) is 11.2 Å². The number of halogens is 2. The van der Waals surface area contributed by atoms with Gasteiger partial charge in [-0.3, -0.25) is 9.69 Å². The van der Waals surface area contributed by atoms with E-state index in [4.69, 9.17) is 0 Å². The normalized spacial score (nSPS) is 17.9. The third kappa shape index (κ3) is 5.25. The van der Waals surface area contributed by atoms with Gasteiger partial charge in [-0.2, -0.15) is 0 Å². The molecule has 1 heterocycles. The lowest BCUT2D eigenvalue weighted by Crippen LogP contribution is -2.50. The molecule has 1 aromatic carbocycles. The minimum absolute atomic E-state index is 0.0249. The van der Waals surface area contributed by atoms with Crippen molar-refractivity contribution in [3.05, 3.63) is 35.4 Å². The Morgan fingerprint density at radius 2 is 1.74 bits per heavy atom. The van der Waals surface area contributed by atoms with Gasteiger partial charge in [-0.1, -0.05) is 13.0 Å². The molecule has 0 spiro atoms. The van der Waals surface area contributed by atoms with Gasteiger partial charge in [0.2, 0.25) is 5.91 Å². The highest BCUT2D eigenvalue weighted by Gasteiger charge is 2.19. The van der Waals surface area contributed by atoms with Gasteiger partial charge in [-0.25, -0.2) is 8.78 Å². The molecule has 1 unspecified atom stereocenters. The number of likely N-dealkylation sites (N-methyl/N-ethyl adjacent to an activating group) is 1. The van der Waals surface area contributed by atoms with Crippen LogP contribution >= 0.6 is 0 Å². The summed E-state index contributed by atoms with van der Waals surface area (Å²) in [5.74, 6) is -1.23. The lowest BCUT2D eigenvalue weighted by atomic mass is 10.1. The molecule has 1 amide bonds. The van der Waals surface area contributed by atoms with E-state index in [1.54, 1.807) is 6.92 Å². The van der Waals surface area contributed by atoms with E-state index in [-0.39, 0.29) is 23.9 Å². The molecule has 1 saturated heterocycles. The number of piperazine rings is 1. The summed E-state index contributed by atoms with van der Waals surface area (Å²) in [6, 6.07) is 3.50. The van der Waals surface area contributed by atoms with Crippen molar-refractivity contribution in [1.29, 1.82) is 0 Å². The molecule has 1 N–H and O–H groups in total. The molecular formula is C17H25F2N3O. The van der Waals surface area contributed by atoms with E-state index in [1.165, 1.54) is 18.2 Å². The summed E-state index contributed by atoms with van der Waals surface area (Å²) in [7, 11) is 0. The first kappa shape index (κ1) is 17.8. The number of hydrogen-bond acceptors (Lipinski definition) is 3. The first-order valence-electron chi connectivity index (χ1n) is 8.16. The maximum Gasteiger partial charge on any atom is 0.234 e. The van der Waals surface area contributed by atoms with Gasteiger partial charge in [0, 0.05) is 37.8 Å². The Balaban J connectivity index is 1.79. The standard InChI is InChI=1S/C17H25F2N3O/c1-3-21-7-9-22(10-8-21)12-17(23)20-13(2)11-14-15(18)5-4-6-16(14)19/h4-6,13H,3,7-12H2,1-2H3,(H,20,23). The second-order valence-corrected chi connectivity index (χ2v) is 6.08. The fourth-order valence-electron chi connectivity index (χ4n) is 2.87. The number of nitrogens with one attached hydrogen (secondary N) is 1. The summed E-state index contributed by atoms with van der Waals surface area (Å²) < 4.78 is 27.3. The molecule has 0 aromatic heterocycles. The van der Waals surface area contributed by atoms with Gasteiger partial charge in [0.05, 0.1) is 6.54 Å². The van der Waals surface area contributed by atoms with Crippen LogP contribution < -0.4 is 5.32 Å². The highest BCUT2D eigenvalue weighted by Crippen LogP contribution is 2.14. The van der Waals surface area contributed by atoms with Crippen LogP contribution in [0.3, 0.4) is 0 Å². The van der Waals surface area contributed by atoms with Crippen molar-refractivity contribution >= 4 is 5.91 Å². The maximum atomic E-state index is 13.6. The Labute approximate surface area is 136 Å². The van der Waals surface area contributed by atoms with Crippen LogP contribution in [0.25, 0.3) is 0 Å². The largest absolute Gasteiger partial charge is 0.352 e. The Hall–Kier alpha value is -1.53. The lowest BCUT2D eigenvalue weighted by Gasteiger charge is -2.33. The molecule has 0 aliphatic carbocycles. The van der Waals surface area contributed by atoms with E-state index in [2.05, 4.69) is 22.0 Å². The number of amides is 1. The SMILES string of the molecule is CCN1CCN(CC(=O)NC(C)Cc2c(F)cccc2F)CC1. The van der Waals surface area contributed by atoms with Crippen LogP contribution in [0.4, 0.5) is 8.78 Å². The number of carbonyl (C=O) groups excluding carboxylic acids is 1. The zero-order valence-electron chi connectivity index (χ0n) is 13.8. The summed E-state index contributed by atoms with van der Waals surface area (Å²) >= 11 is 0. The molecular weight excluding hydrogens is 300 g/mol. The molecule has 0 bridgehead atoms. The molecule has 23 heavy (non-hydrogen) atoms. The van der Waals surface area contributed by atoms with Crippen LogP contribution in [0.1, 0.15) is 19.4 Å². The van der Waals surface area contributed by atoms with Crippen molar-refractivity contribution in [2.75, 3.05) is 39.3 Å². The number of hydrogen-bond donors (Lipinski definition) is 1. The molecule has 1 aromatic rings. The van der Waals surface area contributed by atoms with Crippen molar-refractivity contribution in [3.63, 3.8) is 0 Å². The summed E-state index contributed by atoms with van der Waals surface area (Å²) in [5.41, 5.74) is 0.0249. The Morgan fingerprint density at radius 3 is 2.30 bits per heavy atom. The topological polar surface area (TPSA) is 35.6 Å². The fraction of sp³-hybridized carbons (Fsp3) is 0.588. The third-order valence-electron chi connectivity index (χ3n) is 4.26. The predicted octanol–water partition coefficient (Wildman–Crippen LogP) is 1.65. The van der Waals surface area contributed by atoms with Crippen LogP contribution in [-0.4, -0.2) is 61.0 Å². The lowest BCUT2D eigenvalue weighted by molar-refractivity contribution is -0.123. The van der Waals surface area contributed by atoms with Crippen LogP contribution in [0.5, 0.6) is 0 Å². The van der Waals surface area contributed by atoms with E-state index in [9.17, 15) is 13.6 Å². The predicted molar refractivity (Wildman–Crippen MR) is 86.2 cm³/mol. The smallest absolute Gasteiger partial charge is 0.234 e. The van der Waals surface area contributed by atoms with Crippen molar-refractivity contribution in [3.8, 4) is 0 Å². The highest BCUT2D eigenvalue weighted by atomic mass is 19.1. The summed E-state index contributed by atoms with van der Waals surface area (Å²) in [6.07, 6.45) is 0.147. The third-order valence-corrected chi connectivity index (χ3v) is 4.26. The molecule has 2 rings (SSSR count). The summed E-state index contributed by atoms with van der Waals surface area (Å²) in [4.78, 5) is 16.5. The number of nitrogens with zero attached hydrogens (tertiary/aromatic N) is 2. The van der Waals surface area contributed by atoms with Gasteiger partial charge in [0.25, 0.3) is 0 Å². The molecule has 0 saturated carbocycles. The van der Waals surface area contributed by atoms with E-state index in [0.29, 0.717) is 6.54 Å². The van der Waals surface area contributed by atoms with E-state index < -0.39 is 11.6 Å². The first-order chi connectivity index (χ1) is 11.0. The van der Waals surface area contributed by atoms with Gasteiger partial charge in [-0.15, -0.1) is 0 Å². The van der Waals surface area contributed by atoms with E-state index >= 15 is 0 Å². The second-order valence-electron chi connectivity index (χ2n) is 6.08. The molecule has 1 aliphatic heterocycles. The Morgan fingerprint density at radius 1 is 1.17 bits per heavy atom. The monoisotopic (exact) mass is 325 g/mol. The fourth-order valence-corrected chi connectivity index (χ4v) is 2.87. The number of rotatable bonds is 6. The van der Waals surface area contributed by atoms with E-state index in [1.807, 2.05) is 0 Å². The van der Waals surface area contributed by atoms with Gasteiger partial charge in [0.15, 0.2) is 0 Å². The summed E-state index contributed by atoms with van der Waals surface area (Å²) in [5, 5.41) is 2.83. The molecule has 1 atom stereocenters. The van der Waals surface area contributed by atoms with Gasteiger partial charge >= 0.3 is 0 Å². The Bertz CT molecular complexity index is 510. The first-order valence-corrected chi connectivity index (χ1v) is 8.16. The minimum atomic E-state index is -0.568. The molecule has 128 valence electrons. The molecule has 4 nitrogen and oxygen atoms in total. The van der Waals surface area contributed by atoms with Gasteiger partial charge in [0.1, 0.15) is 11.6 Å². The van der Waals surface area contributed by atoms with Crippen molar-refractivity contribution in [2.45, 2.75) is 26.3 Å². The average molecular weight is 325 g/mol. The minimum Gasteiger partial charge on any atom is -0.352 e. The zero-order chi connectivity index (χ0) is 16.8. The summed E-state index contributed by atoms with van der Waals surface area (Å²) in [6.45, 7) is 8.95. The zero-order valence-corrected chi connectivity index (χ0v) is 13.8. The maximum absolute atomic E-state index is 13.6. The average Bonchev–Trinajstić information content (AvgIpc) is 2.51. The second kappa shape index (κ2) is 8.36. The van der Waals surface area contributed by atoms with Crippen molar-refractivity contribution < 1.29 is 13.6 Å². The molecule has 6 heteroatoms. The number of carbonyl (C=O) groups is 1. The highest BCUT2D eigenvalue weighted by molar-refractivity contribution is 5.78. The molecule has 1 fully saturated rings. The number of benzene rings is 1. The van der Waals surface area contributed by atoms with E-state index in [0.717, 1.165) is 32.7 Å². The van der Waals surface area contributed by atoms with Gasteiger partial charge in [-0.05, 0) is 32.0 Å². The van der Waals surface area contributed by atoms with Crippen molar-refractivity contribution in [1.82, 2.24) is 15.1 Å². The van der Waals surface area contributed by atoms with Crippen LogP contribution in [0.2, 0.25) is 0 Å².